The predicted molar refractivity (Wildman–Crippen MR) is 142 cm³/mol. The summed E-state index contributed by atoms with van der Waals surface area (Å²) in [5, 5.41) is 9.93. The minimum atomic E-state index is -6.06. The van der Waals surface area contributed by atoms with Gasteiger partial charge in [-0.25, -0.2) is 8.42 Å². The molecular weight excluding hydrogens is 582 g/mol. The molecule has 0 amide bonds. The van der Waals surface area contributed by atoms with Crippen molar-refractivity contribution in [3.63, 3.8) is 0 Å². The molecule has 2 aliphatic rings. The van der Waals surface area contributed by atoms with Crippen molar-refractivity contribution in [3.8, 4) is 11.8 Å². The van der Waals surface area contributed by atoms with Gasteiger partial charge in [-0.2, -0.15) is 30.6 Å². The Morgan fingerprint density at radius 1 is 1.05 bits per heavy atom. The van der Waals surface area contributed by atoms with Crippen LogP contribution in [-0.2, 0) is 20.4 Å². The first kappa shape index (κ1) is 32.1. The van der Waals surface area contributed by atoms with Crippen LogP contribution < -0.4 is 4.90 Å². The molecule has 0 saturated carbocycles. The quantitative estimate of drug-likeness (QED) is 0.287. The van der Waals surface area contributed by atoms with Crippen LogP contribution in [0, 0.1) is 17.8 Å². The number of hydrogen-bond acceptors (Lipinski definition) is 6. The van der Waals surface area contributed by atoms with Gasteiger partial charge in [0.05, 0.1) is 10.6 Å². The van der Waals surface area contributed by atoms with Crippen molar-refractivity contribution in [2.24, 2.45) is 5.92 Å². The molecule has 14 heteroatoms. The molecule has 0 bridgehead atoms. The highest BCUT2D eigenvalue weighted by atomic mass is 32.2. The highest BCUT2D eigenvalue weighted by Crippen LogP contribution is 2.50. The first-order chi connectivity index (χ1) is 18.4. The van der Waals surface area contributed by atoms with Crippen molar-refractivity contribution in [1.82, 2.24) is 4.31 Å². The summed E-state index contributed by atoms with van der Waals surface area (Å²) in [5.41, 5.74) is -6.58. The summed E-state index contributed by atoms with van der Waals surface area (Å²) in [4.78, 5) is 1.91. The zero-order valence-electron chi connectivity index (χ0n) is 21.8. The number of benzene rings is 1. The molecule has 3 rings (SSSR count). The second kappa shape index (κ2) is 11.8. The number of halogens is 6. The van der Waals surface area contributed by atoms with Crippen LogP contribution in [0.1, 0.15) is 31.4 Å². The van der Waals surface area contributed by atoms with E-state index in [2.05, 4.69) is 11.8 Å². The van der Waals surface area contributed by atoms with E-state index in [0.717, 1.165) is 6.07 Å². The molecule has 1 aliphatic heterocycles. The van der Waals surface area contributed by atoms with Crippen molar-refractivity contribution in [3.05, 3.63) is 52.5 Å². The highest BCUT2D eigenvalue weighted by Gasteiger charge is 2.71. The fourth-order valence-corrected chi connectivity index (χ4v) is 6.36. The Labute approximate surface area is 234 Å². The third-order valence-corrected chi connectivity index (χ3v) is 9.10. The lowest BCUT2D eigenvalue weighted by molar-refractivity contribution is -0.376. The number of piperazine rings is 1. The van der Waals surface area contributed by atoms with Crippen LogP contribution in [0.2, 0.25) is 0 Å². The lowest BCUT2D eigenvalue weighted by Crippen LogP contribution is -2.54. The Bertz CT molecular complexity index is 1340. The van der Waals surface area contributed by atoms with E-state index in [0.29, 0.717) is 18.6 Å². The molecule has 6 nitrogen and oxygen atoms in total. The van der Waals surface area contributed by atoms with E-state index in [1.807, 2.05) is 0 Å². The van der Waals surface area contributed by atoms with Crippen LogP contribution in [0.5, 0.6) is 0 Å². The number of thiocarbonyl (C=S) groups is 1. The van der Waals surface area contributed by atoms with E-state index in [1.165, 1.54) is 17.5 Å². The maximum Gasteiger partial charge on any atom is 0.430 e. The predicted octanol–water partition coefficient (Wildman–Crippen LogP) is 4.69. The Morgan fingerprint density at radius 3 is 2.15 bits per heavy atom. The van der Waals surface area contributed by atoms with Crippen LogP contribution in [0.25, 0.3) is 0 Å². The first-order valence-electron chi connectivity index (χ1n) is 12.1. The number of aliphatic hydroxyl groups is 1. The lowest BCUT2D eigenvalue weighted by atomic mass is 9.90. The molecule has 0 unspecified atom stereocenters. The molecule has 40 heavy (non-hydrogen) atoms. The standard InChI is InChI=1S/C26H28F6N2O4S2/c1-17(2)21(38-3)11-8-18-16-19(24(35,25(27,28)29)26(30,31)32)9-10-20(18)33-12-14-34(15-13-33)40(36,37)23-7-5-4-6-22(23)39/h4-5,7,9-10,16-17,21,35H,6,12-15H2,1-3H3/t21-/m1/s1. The zero-order valence-corrected chi connectivity index (χ0v) is 23.4. The molecule has 1 aromatic rings. The summed E-state index contributed by atoms with van der Waals surface area (Å²) in [6, 6.07) is 2.14. The number of ether oxygens (including phenoxy) is 1. The van der Waals surface area contributed by atoms with E-state index in [4.69, 9.17) is 17.0 Å². The van der Waals surface area contributed by atoms with Crippen LogP contribution in [-0.4, -0.2) is 74.4 Å². The Morgan fingerprint density at radius 2 is 1.65 bits per heavy atom. The van der Waals surface area contributed by atoms with Gasteiger partial charge in [0.25, 0.3) is 5.60 Å². The maximum atomic E-state index is 13.6. The summed E-state index contributed by atoms with van der Waals surface area (Å²) in [6.45, 7) is 3.67. The Kier molecular flexibility index (Phi) is 9.47. The van der Waals surface area contributed by atoms with E-state index >= 15 is 0 Å². The monoisotopic (exact) mass is 610 g/mol. The molecule has 1 N–H and O–H groups in total. The molecular formula is C26H28F6N2O4S2. The normalized spacial score (nSPS) is 18.4. The van der Waals surface area contributed by atoms with Crippen LogP contribution in [0.3, 0.4) is 0 Å². The number of rotatable bonds is 6. The molecule has 220 valence electrons. The van der Waals surface area contributed by atoms with Crippen LogP contribution in [0.4, 0.5) is 32.0 Å². The van der Waals surface area contributed by atoms with Gasteiger partial charge >= 0.3 is 12.4 Å². The largest absolute Gasteiger partial charge is 0.430 e. The number of alkyl halides is 6. The molecule has 1 fully saturated rings. The number of allylic oxidation sites excluding steroid dienone is 4. The highest BCUT2D eigenvalue weighted by molar-refractivity contribution is 7.96. The smallest absolute Gasteiger partial charge is 0.369 e. The first-order valence-corrected chi connectivity index (χ1v) is 14.0. The molecule has 1 atom stereocenters. The third kappa shape index (κ3) is 6.23. The number of anilines is 1. The second-order valence-electron chi connectivity index (χ2n) is 9.59. The summed E-state index contributed by atoms with van der Waals surface area (Å²) >= 11 is 5.19. The summed E-state index contributed by atoms with van der Waals surface area (Å²) in [5.74, 6) is 5.21. The van der Waals surface area contributed by atoms with Gasteiger partial charge in [0.15, 0.2) is 0 Å². The number of methoxy groups -OCH3 is 1. The number of sulfonamides is 1. The topological polar surface area (TPSA) is 70.1 Å². The molecule has 1 aromatic carbocycles. The van der Waals surface area contributed by atoms with Crippen LogP contribution in [0.15, 0.2) is 41.3 Å². The van der Waals surface area contributed by atoms with E-state index in [1.54, 1.807) is 30.9 Å². The SMILES string of the molecule is CO[C@H](C#Cc1cc(C(O)(C(F)(F)F)C(F)(F)F)ccc1N1CCN(S(=O)(=O)C2=CC=CCC2=S)CC1)C(C)C. The summed E-state index contributed by atoms with van der Waals surface area (Å²) in [6.07, 6.45) is -7.73. The van der Waals surface area contributed by atoms with E-state index in [9.17, 15) is 39.9 Å². The summed E-state index contributed by atoms with van der Waals surface area (Å²) < 4.78 is 114. The lowest BCUT2D eigenvalue weighted by Gasteiger charge is -2.37. The summed E-state index contributed by atoms with van der Waals surface area (Å²) in [7, 11) is -2.53. The molecule has 0 radical (unpaired) electrons. The maximum absolute atomic E-state index is 13.6. The Balaban J connectivity index is 2.01. The van der Waals surface area contributed by atoms with Crippen molar-refractivity contribution >= 4 is 32.8 Å². The van der Waals surface area contributed by atoms with E-state index < -0.39 is 39.6 Å². The molecule has 1 saturated heterocycles. The minimum absolute atomic E-state index is 0.0116. The van der Waals surface area contributed by atoms with Gasteiger partial charge in [0.2, 0.25) is 10.0 Å². The average Bonchev–Trinajstić information content (AvgIpc) is 2.87. The fourth-order valence-electron chi connectivity index (χ4n) is 4.33. The van der Waals surface area contributed by atoms with Crippen molar-refractivity contribution in [2.75, 3.05) is 38.2 Å². The van der Waals surface area contributed by atoms with Crippen molar-refractivity contribution < 1.29 is 44.6 Å². The Hall–Kier alpha value is -2.44. The molecule has 1 aliphatic carbocycles. The van der Waals surface area contributed by atoms with Gasteiger partial charge in [0.1, 0.15) is 6.10 Å². The second-order valence-corrected chi connectivity index (χ2v) is 12.0. The fraction of sp³-hybridized carbons (Fsp3) is 0.500. The van der Waals surface area contributed by atoms with Gasteiger partial charge in [-0.3, -0.25) is 0 Å². The third-order valence-electron chi connectivity index (χ3n) is 6.60. The van der Waals surface area contributed by atoms with Gasteiger partial charge in [-0.05, 0) is 24.1 Å². The molecule has 0 spiro atoms. The van der Waals surface area contributed by atoms with E-state index in [-0.39, 0.29) is 53.1 Å². The van der Waals surface area contributed by atoms with Crippen molar-refractivity contribution in [2.45, 2.75) is 44.3 Å². The van der Waals surface area contributed by atoms with Crippen molar-refractivity contribution in [1.29, 1.82) is 0 Å². The van der Waals surface area contributed by atoms with Gasteiger partial charge in [-0.15, -0.1) is 0 Å². The molecule has 1 heterocycles. The number of hydrogen-bond donors (Lipinski definition) is 1. The average molecular weight is 611 g/mol. The number of nitrogens with zero attached hydrogens (tertiary/aromatic N) is 2. The van der Waals surface area contributed by atoms with Gasteiger partial charge in [-0.1, -0.05) is 56.1 Å². The zero-order chi connectivity index (χ0) is 30.1. The minimum Gasteiger partial charge on any atom is -0.369 e. The van der Waals surface area contributed by atoms with Crippen LogP contribution >= 0.6 is 12.2 Å². The molecule has 0 aromatic heterocycles. The van der Waals surface area contributed by atoms with Gasteiger partial charge in [0, 0.05) is 55.7 Å². The van der Waals surface area contributed by atoms with Gasteiger partial charge < -0.3 is 14.7 Å².